The standard InChI is InChI=1S/C14H19N3O2S/c1-20-12-4-2-3-11(9-12)17-14(19)16-10-5-6-13(18)15-8-7-10/h2-4,9-10H,5-8H2,1H3,(H,15,18)(H2,16,17,19). The van der Waals surface area contributed by atoms with Gasteiger partial charge in [-0.05, 0) is 37.3 Å². The van der Waals surface area contributed by atoms with Gasteiger partial charge in [0.1, 0.15) is 0 Å². The first-order valence-corrected chi connectivity index (χ1v) is 7.88. The fourth-order valence-electron chi connectivity index (χ4n) is 2.12. The number of rotatable bonds is 3. The smallest absolute Gasteiger partial charge is 0.319 e. The van der Waals surface area contributed by atoms with Gasteiger partial charge in [0.25, 0.3) is 0 Å². The summed E-state index contributed by atoms with van der Waals surface area (Å²) in [5, 5.41) is 8.54. The summed E-state index contributed by atoms with van der Waals surface area (Å²) in [6.07, 6.45) is 3.91. The van der Waals surface area contributed by atoms with Crippen molar-refractivity contribution in [2.75, 3.05) is 18.1 Å². The van der Waals surface area contributed by atoms with E-state index in [1.165, 1.54) is 0 Å². The first-order valence-electron chi connectivity index (χ1n) is 6.65. The molecule has 2 rings (SSSR count). The molecule has 0 radical (unpaired) electrons. The van der Waals surface area contributed by atoms with Crippen LogP contribution >= 0.6 is 11.8 Å². The molecule has 1 aliphatic heterocycles. The lowest BCUT2D eigenvalue weighted by Gasteiger charge is -2.16. The van der Waals surface area contributed by atoms with Gasteiger partial charge in [-0.25, -0.2) is 4.79 Å². The Labute approximate surface area is 122 Å². The first kappa shape index (κ1) is 14.7. The third kappa shape index (κ3) is 4.45. The van der Waals surface area contributed by atoms with Crippen LogP contribution < -0.4 is 16.0 Å². The van der Waals surface area contributed by atoms with E-state index in [-0.39, 0.29) is 18.0 Å². The van der Waals surface area contributed by atoms with Crippen molar-refractivity contribution in [1.29, 1.82) is 0 Å². The summed E-state index contributed by atoms with van der Waals surface area (Å²) < 4.78 is 0. The number of urea groups is 1. The third-order valence-electron chi connectivity index (χ3n) is 3.20. The molecule has 6 heteroatoms. The predicted octanol–water partition coefficient (Wildman–Crippen LogP) is 2.20. The van der Waals surface area contributed by atoms with Crippen LogP contribution in [0.5, 0.6) is 0 Å². The fourth-order valence-corrected chi connectivity index (χ4v) is 2.58. The fraction of sp³-hybridized carbons (Fsp3) is 0.429. The van der Waals surface area contributed by atoms with Crippen molar-refractivity contribution in [1.82, 2.24) is 10.6 Å². The van der Waals surface area contributed by atoms with Crippen molar-refractivity contribution < 1.29 is 9.59 Å². The van der Waals surface area contributed by atoms with Crippen molar-refractivity contribution in [3.05, 3.63) is 24.3 Å². The van der Waals surface area contributed by atoms with Crippen molar-refractivity contribution in [3.8, 4) is 0 Å². The Morgan fingerprint density at radius 1 is 1.40 bits per heavy atom. The van der Waals surface area contributed by atoms with Crippen molar-refractivity contribution in [2.45, 2.75) is 30.2 Å². The lowest BCUT2D eigenvalue weighted by atomic mass is 10.1. The highest BCUT2D eigenvalue weighted by Gasteiger charge is 2.17. The zero-order valence-corrected chi connectivity index (χ0v) is 12.3. The normalized spacial score (nSPS) is 18.9. The maximum absolute atomic E-state index is 11.9. The van der Waals surface area contributed by atoms with E-state index in [2.05, 4.69) is 16.0 Å². The Kier molecular flexibility index (Phi) is 5.29. The van der Waals surface area contributed by atoms with Gasteiger partial charge in [0, 0.05) is 29.6 Å². The van der Waals surface area contributed by atoms with E-state index >= 15 is 0 Å². The molecule has 0 bridgehead atoms. The Morgan fingerprint density at radius 2 is 2.25 bits per heavy atom. The van der Waals surface area contributed by atoms with E-state index in [4.69, 9.17) is 0 Å². The molecule has 0 aromatic heterocycles. The number of thioether (sulfide) groups is 1. The van der Waals surface area contributed by atoms with Crippen LogP contribution in [0.1, 0.15) is 19.3 Å². The van der Waals surface area contributed by atoms with E-state index in [9.17, 15) is 9.59 Å². The van der Waals surface area contributed by atoms with Gasteiger partial charge in [-0.15, -0.1) is 11.8 Å². The van der Waals surface area contributed by atoms with Crippen LogP contribution in [-0.2, 0) is 4.79 Å². The van der Waals surface area contributed by atoms with Gasteiger partial charge in [-0.1, -0.05) is 6.07 Å². The minimum atomic E-state index is -0.220. The SMILES string of the molecule is CSc1cccc(NC(=O)NC2CCNC(=O)CC2)c1. The van der Waals surface area contributed by atoms with Gasteiger partial charge in [0.2, 0.25) is 5.91 Å². The number of carbonyl (C=O) groups excluding carboxylic acids is 2. The van der Waals surface area contributed by atoms with Crippen LogP contribution in [-0.4, -0.2) is 30.8 Å². The highest BCUT2D eigenvalue weighted by atomic mass is 32.2. The summed E-state index contributed by atoms with van der Waals surface area (Å²) >= 11 is 1.63. The minimum Gasteiger partial charge on any atom is -0.356 e. The molecule has 1 unspecified atom stereocenters. The largest absolute Gasteiger partial charge is 0.356 e. The van der Waals surface area contributed by atoms with Gasteiger partial charge in [0.05, 0.1) is 0 Å². The summed E-state index contributed by atoms with van der Waals surface area (Å²) in [5.41, 5.74) is 0.775. The summed E-state index contributed by atoms with van der Waals surface area (Å²) in [5.74, 6) is 0.0578. The second-order valence-electron chi connectivity index (χ2n) is 4.70. The predicted molar refractivity (Wildman–Crippen MR) is 81.0 cm³/mol. The number of hydrogen-bond donors (Lipinski definition) is 3. The van der Waals surface area contributed by atoms with Gasteiger partial charge in [-0.3, -0.25) is 4.79 Å². The maximum atomic E-state index is 11.9. The molecule has 20 heavy (non-hydrogen) atoms. The quantitative estimate of drug-likeness (QED) is 0.748. The van der Waals surface area contributed by atoms with E-state index < -0.39 is 0 Å². The lowest BCUT2D eigenvalue weighted by molar-refractivity contribution is -0.120. The third-order valence-corrected chi connectivity index (χ3v) is 3.92. The highest BCUT2D eigenvalue weighted by Crippen LogP contribution is 2.18. The number of benzene rings is 1. The van der Waals surface area contributed by atoms with Crippen molar-refractivity contribution in [2.24, 2.45) is 0 Å². The molecule has 108 valence electrons. The van der Waals surface area contributed by atoms with Crippen LogP contribution in [0.2, 0.25) is 0 Å². The molecule has 1 atom stereocenters. The molecular formula is C14H19N3O2S. The molecule has 0 aliphatic carbocycles. The molecule has 1 aromatic rings. The van der Waals surface area contributed by atoms with E-state index in [0.717, 1.165) is 17.0 Å². The summed E-state index contributed by atoms with van der Waals surface area (Å²) in [7, 11) is 0. The molecule has 3 N–H and O–H groups in total. The van der Waals surface area contributed by atoms with E-state index in [1.54, 1.807) is 11.8 Å². The Morgan fingerprint density at radius 3 is 3.05 bits per heavy atom. The number of hydrogen-bond acceptors (Lipinski definition) is 3. The highest BCUT2D eigenvalue weighted by molar-refractivity contribution is 7.98. The van der Waals surface area contributed by atoms with Crippen LogP contribution in [0.25, 0.3) is 0 Å². The molecule has 1 heterocycles. The molecule has 5 nitrogen and oxygen atoms in total. The van der Waals surface area contributed by atoms with E-state index in [1.807, 2.05) is 30.5 Å². The Hall–Kier alpha value is -1.69. The van der Waals surface area contributed by atoms with Crippen molar-refractivity contribution in [3.63, 3.8) is 0 Å². The van der Waals surface area contributed by atoms with E-state index in [0.29, 0.717) is 19.4 Å². The van der Waals surface area contributed by atoms with Crippen molar-refractivity contribution >= 4 is 29.4 Å². The second kappa shape index (κ2) is 7.19. The number of anilines is 1. The first-order chi connectivity index (χ1) is 9.67. The number of nitrogens with one attached hydrogen (secondary N) is 3. The van der Waals surface area contributed by atoms with Crippen LogP contribution in [0.4, 0.5) is 10.5 Å². The zero-order valence-electron chi connectivity index (χ0n) is 11.4. The summed E-state index contributed by atoms with van der Waals surface area (Å²) in [6, 6.07) is 7.52. The summed E-state index contributed by atoms with van der Waals surface area (Å²) in [6.45, 7) is 0.617. The molecule has 1 fully saturated rings. The number of amides is 3. The van der Waals surface area contributed by atoms with Gasteiger partial charge in [-0.2, -0.15) is 0 Å². The molecule has 1 aromatic carbocycles. The van der Waals surface area contributed by atoms with Gasteiger partial charge >= 0.3 is 6.03 Å². The minimum absolute atomic E-state index is 0.0395. The molecule has 3 amide bonds. The summed E-state index contributed by atoms with van der Waals surface area (Å²) in [4.78, 5) is 24.3. The van der Waals surface area contributed by atoms with Crippen LogP contribution in [0.3, 0.4) is 0 Å². The topological polar surface area (TPSA) is 70.2 Å². The average Bonchev–Trinajstić information content (AvgIpc) is 2.64. The molecule has 1 aliphatic rings. The monoisotopic (exact) mass is 293 g/mol. The maximum Gasteiger partial charge on any atom is 0.319 e. The molecular weight excluding hydrogens is 274 g/mol. The van der Waals surface area contributed by atoms with Gasteiger partial charge in [0.15, 0.2) is 0 Å². The average molecular weight is 293 g/mol. The second-order valence-corrected chi connectivity index (χ2v) is 5.58. The van der Waals surface area contributed by atoms with Gasteiger partial charge < -0.3 is 16.0 Å². The van der Waals surface area contributed by atoms with Crippen LogP contribution in [0.15, 0.2) is 29.2 Å². The lowest BCUT2D eigenvalue weighted by Crippen LogP contribution is -2.38. The zero-order chi connectivity index (χ0) is 14.4. The molecule has 0 saturated carbocycles. The molecule has 1 saturated heterocycles. The molecule has 0 spiro atoms. The Balaban J connectivity index is 1.86. The number of carbonyl (C=O) groups is 2. The van der Waals surface area contributed by atoms with Crippen LogP contribution in [0, 0.1) is 0 Å². The Bertz CT molecular complexity index is 493.